The topological polar surface area (TPSA) is 33.1 Å². The molecule has 4 nitrogen and oxygen atoms in total. The molecule has 96 valence electrons. The summed E-state index contributed by atoms with van der Waals surface area (Å²) in [6.07, 6.45) is 2.51. The van der Waals surface area contributed by atoms with Gasteiger partial charge in [-0.05, 0) is 32.0 Å². The van der Waals surface area contributed by atoms with Crippen LogP contribution in [0.1, 0.15) is 12.8 Å². The molecule has 4 heteroatoms. The number of aryl methyl sites for hydroxylation is 1. The number of nitrogens with one attached hydrogen (secondary N) is 1. The molecule has 0 saturated carbocycles. The van der Waals surface area contributed by atoms with E-state index in [1.165, 1.54) is 18.4 Å². The number of likely N-dealkylation sites (N-methyl/N-ethyl adjacent to an activating group) is 1. The van der Waals surface area contributed by atoms with Crippen molar-refractivity contribution in [1.29, 1.82) is 0 Å². The van der Waals surface area contributed by atoms with Crippen molar-refractivity contribution in [3.05, 3.63) is 24.3 Å². The number of nitrogens with zero attached hydrogens (tertiary/aromatic N) is 3. The van der Waals surface area contributed by atoms with Gasteiger partial charge in [-0.25, -0.2) is 4.98 Å². The van der Waals surface area contributed by atoms with Gasteiger partial charge in [0.15, 0.2) is 0 Å². The number of anilines is 1. The summed E-state index contributed by atoms with van der Waals surface area (Å²) in [6.45, 7) is 2.15. The molecule has 1 aromatic carbocycles. The second kappa shape index (κ2) is 4.61. The van der Waals surface area contributed by atoms with Crippen molar-refractivity contribution in [3.8, 4) is 0 Å². The molecular weight excluding hydrogens is 224 g/mol. The van der Waals surface area contributed by atoms with Gasteiger partial charge in [0, 0.05) is 26.2 Å². The van der Waals surface area contributed by atoms with Gasteiger partial charge in [-0.2, -0.15) is 0 Å². The summed E-state index contributed by atoms with van der Waals surface area (Å²) in [5.74, 6) is 1.11. The molecule has 1 aromatic heterocycles. The SMILES string of the molecule is CNCC1CCCN1c1nc2ccccc2n1C. The van der Waals surface area contributed by atoms with Gasteiger partial charge in [-0.15, -0.1) is 0 Å². The van der Waals surface area contributed by atoms with Crippen LogP contribution in [0.4, 0.5) is 5.95 Å². The van der Waals surface area contributed by atoms with Crippen LogP contribution in [0.25, 0.3) is 11.0 Å². The van der Waals surface area contributed by atoms with E-state index in [9.17, 15) is 0 Å². The maximum atomic E-state index is 4.79. The van der Waals surface area contributed by atoms with Crippen LogP contribution in [0.3, 0.4) is 0 Å². The summed E-state index contributed by atoms with van der Waals surface area (Å²) < 4.78 is 2.21. The summed E-state index contributed by atoms with van der Waals surface area (Å²) in [4.78, 5) is 7.23. The average Bonchev–Trinajstić information content (AvgIpc) is 2.96. The Morgan fingerprint density at radius 1 is 1.39 bits per heavy atom. The number of fused-ring (bicyclic) bond motifs is 1. The zero-order valence-electron chi connectivity index (χ0n) is 11.1. The van der Waals surface area contributed by atoms with Gasteiger partial charge in [-0.1, -0.05) is 12.1 Å². The quantitative estimate of drug-likeness (QED) is 0.893. The van der Waals surface area contributed by atoms with E-state index in [-0.39, 0.29) is 0 Å². The van der Waals surface area contributed by atoms with Crippen molar-refractivity contribution in [2.24, 2.45) is 7.05 Å². The number of benzene rings is 1. The summed E-state index contributed by atoms with van der Waals surface area (Å²) in [7, 11) is 4.13. The second-order valence-corrected chi connectivity index (χ2v) is 5.01. The smallest absolute Gasteiger partial charge is 0.206 e. The largest absolute Gasteiger partial charge is 0.338 e. The predicted octanol–water partition coefficient (Wildman–Crippen LogP) is 1.76. The maximum absolute atomic E-state index is 4.79. The Balaban J connectivity index is 2.00. The van der Waals surface area contributed by atoms with Crippen LogP contribution in [0.5, 0.6) is 0 Å². The lowest BCUT2D eigenvalue weighted by Gasteiger charge is -2.25. The van der Waals surface area contributed by atoms with Crippen LogP contribution >= 0.6 is 0 Å². The molecule has 1 atom stereocenters. The van der Waals surface area contributed by atoms with E-state index in [0.29, 0.717) is 6.04 Å². The van der Waals surface area contributed by atoms with E-state index in [4.69, 9.17) is 4.98 Å². The van der Waals surface area contributed by atoms with Gasteiger partial charge >= 0.3 is 0 Å². The molecule has 0 spiro atoms. The van der Waals surface area contributed by atoms with Crippen LogP contribution < -0.4 is 10.2 Å². The fraction of sp³-hybridized carbons (Fsp3) is 0.500. The first kappa shape index (κ1) is 11.5. The number of aromatic nitrogens is 2. The minimum absolute atomic E-state index is 0.575. The molecule has 0 bridgehead atoms. The Labute approximate surface area is 108 Å². The second-order valence-electron chi connectivity index (χ2n) is 5.01. The molecule has 2 heterocycles. The molecule has 1 aliphatic heterocycles. The highest BCUT2D eigenvalue weighted by molar-refractivity contribution is 5.78. The third-order valence-corrected chi connectivity index (χ3v) is 3.84. The highest BCUT2D eigenvalue weighted by Gasteiger charge is 2.27. The summed E-state index contributed by atoms with van der Waals surface area (Å²) in [5, 5.41) is 3.28. The van der Waals surface area contributed by atoms with Crippen LogP contribution in [-0.2, 0) is 7.05 Å². The lowest BCUT2D eigenvalue weighted by Crippen LogP contribution is -2.38. The molecule has 0 aliphatic carbocycles. The van der Waals surface area contributed by atoms with Crippen molar-refractivity contribution in [2.45, 2.75) is 18.9 Å². The molecule has 1 saturated heterocycles. The molecule has 1 fully saturated rings. The van der Waals surface area contributed by atoms with E-state index in [2.05, 4.69) is 40.0 Å². The molecule has 0 radical (unpaired) electrons. The van der Waals surface area contributed by atoms with Crippen LogP contribution in [0, 0.1) is 0 Å². The summed E-state index contributed by atoms with van der Waals surface area (Å²) in [5.41, 5.74) is 2.30. The molecule has 2 aromatic rings. The first-order chi connectivity index (χ1) is 8.81. The lowest BCUT2D eigenvalue weighted by molar-refractivity contribution is 0.602. The highest BCUT2D eigenvalue weighted by Crippen LogP contribution is 2.27. The fourth-order valence-electron chi connectivity index (χ4n) is 2.94. The van der Waals surface area contributed by atoms with Gasteiger partial charge < -0.3 is 14.8 Å². The lowest BCUT2D eigenvalue weighted by atomic mass is 10.2. The minimum atomic E-state index is 0.575. The zero-order valence-corrected chi connectivity index (χ0v) is 11.1. The molecule has 3 rings (SSSR count). The fourth-order valence-corrected chi connectivity index (χ4v) is 2.94. The number of para-hydroxylation sites is 2. The van der Waals surface area contributed by atoms with Crippen molar-refractivity contribution in [1.82, 2.24) is 14.9 Å². The van der Waals surface area contributed by atoms with Crippen molar-refractivity contribution in [3.63, 3.8) is 0 Å². The Hall–Kier alpha value is -1.55. The molecule has 18 heavy (non-hydrogen) atoms. The number of imidazole rings is 1. The van der Waals surface area contributed by atoms with Gasteiger partial charge in [0.05, 0.1) is 11.0 Å². The van der Waals surface area contributed by atoms with Gasteiger partial charge in [0.1, 0.15) is 0 Å². The molecule has 1 aliphatic rings. The standard InChI is InChI=1S/C14H20N4/c1-15-10-11-6-5-9-18(11)14-16-12-7-3-4-8-13(12)17(14)2/h3-4,7-8,11,15H,5-6,9-10H2,1-2H3. The highest BCUT2D eigenvalue weighted by atomic mass is 15.3. The van der Waals surface area contributed by atoms with E-state index >= 15 is 0 Å². The van der Waals surface area contributed by atoms with Crippen LogP contribution in [-0.4, -0.2) is 35.7 Å². The first-order valence-corrected chi connectivity index (χ1v) is 6.64. The molecule has 1 N–H and O–H groups in total. The van der Waals surface area contributed by atoms with Gasteiger partial charge in [-0.3, -0.25) is 0 Å². The first-order valence-electron chi connectivity index (χ1n) is 6.64. The summed E-state index contributed by atoms with van der Waals surface area (Å²) >= 11 is 0. The molecule has 0 amide bonds. The third-order valence-electron chi connectivity index (χ3n) is 3.84. The normalized spacial score (nSPS) is 19.9. The Morgan fingerprint density at radius 3 is 3.00 bits per heavy atom. The Bertz CT molecular complexity index is 546. The number of hydrogen-bond acceptors (Lipinski definition) is 3. The van der Waals surface area contributed by atoms with Crippen LogP contribution in [0.15, 0.2) is 24.3 Å². The summed E-state index contributed by atoms with van der Waals surface area (Å²) in [6, 6.07) is 8.92. The molecule has 1 unspecified atom stereocenters. The van der Waals surface area contributed by atoms with E-state index in [1.807, 2.05) is 13.1 Å². The molecular formula is C14H20N4. The number of hydrogen-bond donors (Lipinski definition) is 1. The maximum Gasteiger partial charge on any atom is 0.206 e. The minimum Gasteiger partial charge on any atom is -0.338 e. The van der Waals surface area contributed by atoms with E-state index in [0.717, 1.165) is 24.6 Å². The van der Waals surface area contributed by atoms with Gasteiger partial charge in [0.25, 0.3) is 0 Å². The average molecular weight is 244 g/mol. The van der Waals surface area contributed by atoms with Crippen molar-refractivity contribution >= 4 is 17.0 Å². The third kappa shape index (κ3) is 1.77. The Kier molecular flexibility index (Phi) is 2.96. The number of rotatable bonds is 3. The van der Waals surface area contributed by atoms with E-state index < -0.39 is 0 Å². The monoisotopic (exact) mass is 244 g/mol. The van der Waals surface area contributed by atoms with E-state index in [1.54, 1.807) is 0 Å². The Morgan fingerprint density at radius 2 is 2.22 bits per heavy atom. The predicted molar refractivity (Wildman–Crippen MR) is 75.0 cm³/mol. The zero-order chi connectivity index (χ0) is 12.5. The van der Waals surface area contributed by atoms with Gasteiger partial charge in [0.2, 0.25) is 5.95 Å². The van der Waals surface area contributed by atoms with Crippen LogP contribution in [0.2, 0.25) is 0 Å². The van der Waals surface area contributed by atoms with Crippen molar-refractivity contribution in [2.75, 3.05) is 25.0 Å². The van der Waals surface area contributed by atoms with Crippen molar-refractivity contribution < 1.29 is 0 Å².